The molecule has 0 aromatic rings. The summed E-state index contributed by atoms with van der Waals surface area (Å²) in [5.41, 5.74) is 0. The maximum atomic E-state index is 13.0. The van der Waals surface area contributed by atoms with Gasteiger partial charge in [-0.05, 0) is 83.5 Å². The standard InChI is InChI=1S/C53H93NO8/c1-3-5-7-9-11-13-15-17-19-21-23-24-25-27-29-31-33-35-37-39-41-43-49(57)54-46(45-61-53-52(60)51(59)50(58)48(44-55)62-53)47(56)42-40-38-36-34-32-30-28-26-22-20-18-16-14-12-10-8-6-4-2/h15,17,21-23,25-27,32,34,40,42,46-48,50-53,55-56,58-60H,3-14,16,18-20,24,28-31,33,35-39,41,43-45H2,1-2H3,(H,54,57)/b17-15-,23-21-,26-22+,27-25-,34-32+,42-40+. The molecular formula is C53H93NO8. The number of hydrogen-bond acceptors (Lipinski definition) is 8. The zero-order chi connectivity index (χ0) is 45.1. The average molecular weight is 872 g/mol. The first-order valence-corrected chi connectivity index (χ1v) is 25.2. The molecule has 358 valence electrons. The lowest BCUT2D eigenvalue weighted by atomic mass is 9.99. The van der Waals surface area contributed by atoms with Crippen LogP contribution in [0.1, 0.15) is 200 Å². The molecule has 9 heteroatoms. The Bertz CT molecular complexity index is 1200. The Labute approximate surface area is 378 Å². The smallest absolute Gasteiger partial charge is 0.220 e. The largest absolute Gasteiger partial charge is 0.394 e. The average Bonchev–Trinajstić information content (AvgIpc) is 3.27. The molecule has 0 aromatic heterocycles. The van der Waals surface area contributed by atoms with E-state index in [1.807, 2.05) is 6.08 Å². The molecule has 6 N–H and O–H groups in total. The lowest BCUT2D eigenvalue weighted by Gasteiger charge is -2.40. The minimum atomic E-state index is -1.58. The molecule has 0 saturated carbocycles. The van der Waals surface area contributed by atoms with E-state index in [0.29, 0.717) is 6.42 Å². The molecule has 62 heavy (non-hydrogen) atoms. The fourth-order valence-electron chi connectivity index (χ4n) is 7.43. The molecule has 1 saturated heterocycles. The minimum absolute atomic E-state index is 0.206. The molecule has 0 aromatic carbocycles. The Morgan fingerprint density at radius 2 is 0.968 bits per heavy atom. The number of unbranched alkanes of at least 4 members (excludes halogenated alkanes) is 21. The van der Waals surface area contributed by atoms with E-state index < -0.39 is 49.5 Å². The summed E-state index contributed by atoms with van der Waals surface area (Å²) in [4.78, 5) is 13.0. The van der Waals surface area contributed by atoms with Gasteiger partial charge in [0.2, 0.25) is 5.91 Å². The molecule has 9 nitrogen and oxygen atoms in total. The van der Waals surface area contributed by atoms with E-state index in [1.165, 1.54) is 89.9 Å². The summed E-state index contributed by atoms with van der Waals surface area (Å²) < 4.78 is 11.2. The number of carbonyl (C=O) groups is 1. The fourth-order valence-corrected chi connectivity index (χ4v) is 7.43. The van der Waals surface area contributed by atoms with Crippen molar-refractivity contribution >= 4 is 5.91 Å². The Balaban J connectivity index is 2.37. The summed E-state index contributed by atoms with van der Waals surface area (Å²) >= 11 is 0. The molecule has 0 aliphatic carbocycles. The van der Waals surface area contributed by atoms with Crippen molar-refractivity contribution in [3.8, 4) is 0 Å². The molecule has 7 unspecified atom stereocenters. The van der Waals surface area contributed by atoms with Crippen LogP contribution in [-0.2, 0) is 14.3 Å². The second kappa shape index (κ2) is 42.6. The van der Waals surface area contributed by atoms with E-state index in [0.717, 1.165) is 89.9 Å². The van der Waals surface area contributed by atoms with Gasteiger partial charge in [-0.25, -0.2) is 0 Å². The molecule has 1 heterocycles. The number of nitrogens with one attached hydrogen (secondary N) is 1. The number of ether oxygens (including phenoxy) is 2. The van der Waals surface area contributed by atoms with Crippen LogP contribution >= 0.6 is 0 Å². The van der Waals surface area contributed by atoms with Gasteiger partial charge in [-0.15, -0.1) is 0 Å². The third-order valence-electron chi connectivity index (χ3n) is 11.5. The number of hydrogen-bond donors (Lipinski definition) is 6. The van der Waals surface area contributed by atoms with Crippen molar-refractivity contribution in [1.29, 1.82) is 0 Å². The van der Waals surface area contributed by atoms with Crippen molar-refractivity contribution in [3.63, 3.8) is 0 Å². The lowest BCUT2D eigenvalue weighted by Crippen LogP contribution is -2.60. The summed E-state index contributed by atoms with van der Waals surface area (Å²) in [6.07, 6.45) is 50.8. The predicted molar refractivity (Wildman–Crippen MR) is 258 cm³/mol. The molecule has 1 rings (SSSR count). The van der Waals surface area contributed by atoms with Gasteiger partial charge in [0.15, 0.2) is 6.29 Å². The Kier molecular flexibility index (Phi) is 39.6. The molecule has 0 spiro atoms. The number of aliphatic hydroxyl groups excluding tert-OH is 5. The van der Waals surface area contributed by atoms with Gasteiger partial charge in [0, 0.05) is 6.42 Å². The second-order valence-electron chi connectivity index (χ2n) is 17.2. The van der Waals surface area contributed by atoms with Gasteiger partial charge in [0.05, 0.1) is 25.4 Å². The summed E-state index contributed by atoms with van der Waals surface area (Å²) in [7, 11) is 0. The van der Waals surface area contributed by atoms with Crippen molar-refractivity contribution < 1.29 is 39.8 Å². The van der Waals surface area contributed by atoms with Crippen LogP contribution in [0.3, 0.4) is 0 Å². The van der Waals surface area contributed by atoms with E-state index in [4.69, 9.17) is 9.47 Å². The summed E-state index contributed by atoms with van der Waals surface area (Å²) in [5.74, 6) is -0.206. The summed E-state index contributed by atoms with van der Waals surface area (Å²) in [6, 6.07) is -0.838. The van der Waals surface area contributed by atoms with Gasteiger partial charge >= 0.3 is 0 Å². The fraction of sp³-hybridized carbons (Fsp3) is 0.755. The highest BCUT2D eigenvalue weighted by molar-refractivity contribution is 5.76. The molecular weight excluding hydrogens is 779 g/mol. The quantitative estimate of drug-likeness (QED) is 0.0263. The van der Waals surface area contributed by atoms with E-state index in [1.54, 1.807) is 6.08 Å². The number of allylic oxidation sites excluding steroid dienone is 11. The third-order valence-corrected chi connectivity index (χ3v) is 11.5. The number of amides is 1. The van der Waals surface area contributed by atoms with Gasteiger partial charge in [-0.2, -0.15) is 0 Å². The lowest BCUT2D eigenvalue weighted by molar-refractivity contribution is -0.302. The monoisotopic (exact) mass is 872 g/mol. The van der Waals surface area contributed by atoms with Crippen LogP contribution in [0.25, 0.3) is 0 Å². The van der Waals surface area contributed by atoms with Crippen molar-refractivity contribution in [2.75, 3.05) is 13.2 Å². The molecule has 0 radical (unpaired) electrons. The van der Waals surface area contributed by atoms with E-state index in [2.05, 4.69) is 79.9 Å². The van der Waals surface area contributed by atoms with Crippen LogP contribution in [0.5, 0.6) is 0 Å². The Morgan fingerprint density at radius 3 is 1.47 bits per heavy atom. The van der Waals surface area contributed by atoms with Crippen LogP contribution in [0.4, 0.5) is 0 Å². The van der Waals surface area contributed by atoms with Crippen molar-refractivity contribution in [3.05, 3.63) is 72.9 Å². The highest BCUT2D eigenvalue weighted by Gasteiger charge is 2.44. The minimum Gasteiger partial charge on any atom is -0.394 e. The highest BCUT2D eigenvalue weighted by atomic mass is 16.7. The van der Waals surface area contributed by atoms with Crippen LogP contribution < -0.4 is 5.32 Å². The van der Waals surface area contributed by atoms with Gasteiger partial charge in [-0.3, -0.25) is 4.79 Å². The Morgan fingerprint density at radius 1 is 0.548 bits per heavy atom. The number of aliphatic hydroxyl groups is 5. The number of carbonyl (C=O) groups excluding carboxylic acids is 1. The zero-order valence-electron chi connectivity index (χ0n) is 39.4. The van der Waals surface area contributed by atoms with Gasteiger partial charge < -0.3 is 40.3 Å². The van der Waals surface area contributed by atoms with Crippen molar-refractivity contribution in [2.24, 2.45) is 0 Å². The van der Waals surface area contributed by atoms with Gasteiger partial charge in [0.1, 0.15) is 24.4 Å². The molecule has 1 aliphatic heterocycles. The summed E-state index contributed by atoms with van der Waals surface area (Å²) in [5, 5.41) is 54.3. The van der Waals surface area contributed by atoms with Crippen molar-refractivity contribution in [2.45, 2.75) is 243 Å². The topological polar surface area (TPSA) is 149 Å². The summed E-state index contributed by atoms with van der Waals surface area (Å²) in [6.45, 7) is 3.72. The Hall–Kier alpha value is -2.37. The molecule has 1 aliphatic rings. The first-order chi connectivity index (χ1) is 30.3. The van der Waals surface area contributed by atoms with Crippen LogP contribution in [-0.4, -0.2) is 87.5 Å². The van der Waals surface area contributed by atoms with Crippen LogP contribution in [0.2, 0.25) is 0 Å². The highest BCUT2D eigenvalue weighted by Crippen LogP contribution is 2.22. The molecule has 0 bridgehead atoms. The van der Waals surface area contributed by atoms with Gasteiger partial charge in [-0.1, -0.05) is 183 Å². The SMILES string of the molecule is CCCCCCC/C=C\C/C=C\C/C=C\CCCCCCCCC(=O)NC(COC1OC(CO)C(O)C(O)C1O)C(O)/C=C/CC/C=C/CC/C=C/CCCCCCCCCC. The van der Waals surface area contributed by atoms with Crippen LogP contribution in [0.15, 0.2) is 72.9 Å². The molecule has 7 atom stereocenters. The molecule has 1 amide bonds. The van der Waals surface area contributed by atoms with E-state index in [-0.39, 0.29) is 12.5 Å². The molecule has 1 fully saturated rings. The van der Waals surface area contributed by atoms with Crippen molar-refractivity contribution in [1.82, 2.24) is 5.32 Å². The first-order valence-electron chi connectivity index (χ1n) is 25.2. The second-order valence-corrected chi connectivity index (χ2v) is 17.2. The maximum Gasteiger partial charge on any atom is 0.220 e. The predicted octanol–water partition coefficient (Wildman–Crippen LogP) is 11.3. The van der Waals surface area contributed by atoms with E-state index >= 15 is 0 Å². The zero-order valence-corrected chi connectivity index (χ0v) is 39.4. The first kappa shape index (κ1) is 57.6. The van der Waals surface area contributed by atoms with Crippen LogP contribution in [0, 0.1) is 0 Å². The van der Waals surface area contributed by atoms with E-state index in [9.17, 15) is 30.3 Å². The third kappa shape index (κ3) is 32.3. The van der Waals surface area contributed by atoms with Gasteiger partial charge in [0.25, 0.3) is 0 Å². The normalized spacial score (nSPS) is 20.9. The maximum absolute atomic E-state index is 13.0. The number of rotatable bonds is 41.